The number of aromatic nitrogens is 1. The van der Waals surface area contributed by atoms with Crippen LogP contribution >= 0.6 is 11.3 Å². The van der Waals surface area contributed by atoms with Crippen LogP contribution in [0, 0.1) is 15.9 Å². The molecule has 0 saturated heterocycles. The Labute approximate surface area is 277 Å². The zero-order valence-electron chi connectivity index (χ0n) is 25.8. The molecule has 10 nitrogen and oxygen atoms in total. The lowest BCUT2D eigenvalue weighted by Gasteiger charge is -2.25. The Balaban J connectivity index is 1.42. The maximum Gasteiger partial charge on any atom is 0.338 e. The number of halogens is 1. The number of thiazole rings is 1. The van der Waals surface area contributed by atoms with Crippen LogP contribution < -0.4 is 24.4 Å². The van der Waals surface area contributed by atoms with Crippen molar-refractivity contribution in [2.75, 3.05) is 13.7 Å². The number of carbonyl (C=O) groups excluding carboxylic acids is 1. The molecular weight excluding hydrogens is 637 g/mol. The van der Waals surface area contributed by atoms with Gasteiger partial charge in [-0.2, -0.15) is 0 Å². The average Bonchev–Trinajstić information content (AvgIpc) is 3.41. The summed E-state index contributed by atoms with van der Waals surface area (Å²) in [5, 5.41) is 10.9. The van der Waals surface area contributed by atoms with Gasteiger partial charge < -0.3 is 14.2 Å². The number of esters is 1. The molecule has 5 aromatic rings. The number of benzene rings is 4. The summed E-state index contributed by atoms with van der Waals surface area (Å²) in [5.41, 5.74) is 2.71. The van der Waals surface area contributed by atoms with Crippen molar-refractivity contribution in [2.45, 2.75) is 19.6 Å². The molecule has 0 amide bonds. The third-order valence-electron chi connectivity index (χ3n) is 7.59. The molecular formula is C36H28FN3O7S. The molecule has 6 rings (SSSR count). The van der Waals surface area contributed by atoms with Crippen LogP contribution in [-0.4, -0.2) is 29.2 Å². The van der Waals surface area contributed by atoms with Gasteiger partial charge in [0.2, 0.25) is 0 Å². The van der Waals surface area contributed by atoms with Gasteiger partial charge in [0.25, 0.3) is 11.2 Å². The summed E-state index contributed by atoms with van der Waals surface area (Å²) < 4.78 is 32.8. The minimum atomic E-state index is -0.928. The van der Waals surface area contributed by atoms with Crippen LogP contribution in [0.15, 0.2) is 112 Å². The fraction of sp³-hybridized carbons (Fsp3) is 0.139. The topological polar surface area (TPSA) is 122 Å². The van der Waals surface area contributed by atoms with Crippen molar-refractivity contribution in [1.29, 1.82) is 0 Å². The fourth-order valence-electron chi connectivity index (χ4n) is 5.32. The van der Waals surface area contributed by atoms with Crippen LogP contribution in [-0.2, 0) is 16.1 Å². The van der Waals surface area contributed by atoms with E-state index >= 15 is 0 Å². The highest BCUT2D eigenvalue weighted by atomic mass is 32.1. The number of ether oxygens (including phenoxy) is 3. The lowest BCUT2D eigenvalue weighted by Crippen LogP contribution is -2.40. The number of carbonyl (C=O) groups is 1. The van der Waals surface area contributed by atoms with Gasteiger partial charge in [-0.25, -0.2) is 14.2 Å². The van der Waals surface area contributed by atoms with Gasteiger partial charge in [0, 0.05) is 17.7 Å². The number of nitro groups is 1. The Hall–Kier alpha value is -5.88. The summed E-state index contributed by atoms with van der Waals surface area (Å²) in [4.78, 5) is 43.3. The third-order valence-corrected chi connectivity index (χ3v) is 8.57. The lowest BCUT2D eigenvalue weighted by molar-refractivity contribution is -0.384. The van der Waals surface area contributed by atoms with E-state index in [-0.39, 0.29) is 30.0 Å². The van der Waals surface area contributed by atoms with Crippen molar-refractivity contribution >= 4 is 34.8 Å². The molecule has 12 heteroatoms. The number of fused-ring (bicyclic) bond motifs is 1. The van der Waals surface area contributed by atoms with E-state index < -0.39 is 22.8 Å². The second kappa shape index (κ2) is 13.9. The van der Waals surface area contributed by atoms with E-state index in [0.29, 0.717) is 43.2 Å². The predicted molar refractivity (Wildman–Crippen MR) is 178 cm³/mol. The first kappa shape index (κ1) is 32.1. The summed E-state index contributed by atoms with van der Waals surface area (Å²) in [7, 11) is 1.50. The second-order valence-corrected chi connectivity index (χ2v) is 11.6. The van der Waals surface area contributed by atoms with E-state index in [0.717, 1.165) is 16.9 Å². The summed E-state index contributed by atoms with van der Waals surface area (Å²) >= 11 is 1.16. The monoisotopic (exact) mass is 665 g/mol. The summed E-state index contributed by atoms with van der Waals surface area (Å²) in [6.45, 7) is 1.96. The van der Waals surface area contributed by atoms with Gasteiger partial charge in [0.05, 0.1) is 40.5 Å². The maximum absolute atomic E-state index is 14.1. The molecule has 0 unspecified atom stereocenters. The van der Waals surface area contributed by atoms with Crippen molar-refractivity contribution in [3.05, 3.63) is 161 Å². The van der Waals surface area contributed by atoms with E-state index in [9.17, 15) is 24.1 Å². The van der Waals surface area contributed by atoms with Gasteiger partial charge in [-0.05, 0) is 66.1 Å². The Kier molecular flexibility index (Phi) is 9.26. The highest BCUT2D eigenvalue weighted by Gasteiger charge is 2.35. The van der Waals surface area contributed by atoms with E-state index in [2.05, 4.69) is 0 Å². The Morgan fingerprint density at radius 2 is 1.75 bits per heavy atom. The first-order valence-electron chi connectivity index (χ1n) is 14.9. The number of nitro benzene ring substituents is 1. The number of non-ortho nitro benzene ring substituents is 1. The Morgan fingerprint density at radius 3 is 2.42 bits per heavy atom. The van der Waals surface area contributed by atoms with Gasteiger partial charge in [-0.15, -0.1) is 0 Å². The molecule has 0 spiro atoms. The number of hydrogen-bond acceptors (Lipinski definition) is 9. The molecule has 0 N–H and O–H groups in total. The van der Waals surface area contributed by atoms with E-state index in [1.54, 1.807) is 55.5 Å². The van der Waals surface area contributed by atoms with Gasteiger partial charge in [-0.1, -0.05) is 59.9 Å². The van der Waals surface area contributed by atoms with Crippen LogP contribution in [0.25, 0.3) is 11.8 Å². The van der Waals surface area contributed by atoms with Crippen molar-refractivity contribution < 1.29 is 28.3 Å². The van der Waals surface area contributed by atoms with Crippen molar-refractivity contribution in [2.24, 2.45) is 4.99 Å². The van der Waals surface area contributed by atoms with Gasteiger partial charge in [-0.3, -0.25) is 19.5 Å². The number of rotatable bonds is 10. The molecule has 242 valence electrons. The molecule has 48 heavy (non-hydrogen) atoms. The smallest absolute Gasteiger partial charge is 0.338 e. The summed E-state index contributed by atoms with van der Waals surface area (Å²) in [5.74, 6) is -0.223. The molecule has 0 fully saturated rings. The number of nitrogens with zero attached hydrogens (tertiary/aromatic N) is 3. The van der Waals surface area contributed by atoms with E-state index in [4.69, 9.17) is 19.2 Å². The normalized spacial score (nSPS) is 14.2. The standard InChI is InChI=1S/C36H28FN3O7S/c1-3-46-35(42)31-32(24-7-5-4-6-8-24)38-36-39(33(31)25-12-14-26(37)15-13-25)34(41)30(48-36)20-23-11-18-28(29(19-23)45-2)47-21-22-9-16-27(17-10-22)40(43)44/h4-20,33H,3,21H2,1-2H3/b30-20-/t33-/m1/s1. The van der Waals surface area contributed by atoms with Crippen molar-refractivity contribution in [3.8, 4) is 11.5 Å². The molecule has 1 aliphatic rings. The zero-order valence-corrected chi connectivity index (χ0v) is 26.6. The molecule has 1 aromatic heterocycles. The number of methoxy groups -OCH3 is 1. The van der Waals surface area contributed by atoms with Crippen LogP contribution in [0.2, 0.25) is 0 Å². The largest absolute Gasteiger partial charge is 0.493 e. The van der Waals surface area contributed by atoms with Crippen LogP contribution in [0.5, 0.6) is 11.5 Å². The fourth-order valence-corrected chi connectivity index (χ4v) is 6.32. The van der Waals surface area contributed by atoms with Crippen LogP contribution in [0.1, 0.15) is 35.2 Å². The molecule has 0 aliphatic carbocycles. The molecule has 1 atom stereocenters. The van der Waals surface area contributed by atoms with E-state index in [1.807, 2.05) is 30.3 Å². The Morgan fingerprint density at radius 1 is 1.02 bits per heavy atom. The third kappa shape index (κ3) is 6.51. The van der Waals surface area contributed by atoms with Gasteiger partial charge >= 0.3 is 5.97 Å². The summed E-state index contributed by atoms with van der Waals surface area (Å²) in [6.07, 6.45) is 1.70. The average molecular weight is 666 g/mol. The lowest BCUT2D eigenvalue weighted by atomic mass is 9.93. The Bertz CT molecular complexity index is 2210. The van der Waals surface area contributed by atoms with E-state index in [1.165, 1.54) is 35.9 Å². The minimum Gasteiger partial charge on any atom is -0.493 e. The predicted octanol–water partition coefficient (Wildman–Crippen LogP) is 5.57. The first-order valence-corrected chi connectivity index (χ1v) is 15.7. The molecule has 0 bridgehead atoms. The molecule has 2 heterocycles. The van der Waals surface area contributed by atoms with Gasteiger partial charge in [0.15, 0.2) is 16.3 Å². The minimum absolute atomic E-state index is 0.0108. The highest BCUT2D eigenvalue weighted by Crippen LogP contribution is 2.35. The SMILES string of the molecule is CCOC(=O)C1=C(c2ccccc2)N=c2s/c(=C\c3ccc(OCc4ccc([N+](=O)[O-])cc4)c(OC)c3)c(=O)n2[C@@H]1c1ccc(F)cc1. The quantitative estimate of drug-likeness (QED) is 0.109. The zero-order chi connectivity index (χ0) is 33.8. The van der Waals surface area contributed by atoms with Crippen LogP contribution in [0.3, 0.4) is 0 Å². The summed E-state index contributed by atoms with van der Waals surface area (Å²) in [6, 6.07) is 25.2. The first-order chi connectivity index (χ1) is 23.3. The number of hydrogen-bond donors (Lipinski definition) is 0. The highest BCUT2D eigenvalue weighted by molar-refractivity contribution is 7.07. The second-order valence-electron chi connectivity index (χ2n) is 10.6. The molecule has 1 aliphatic heterocycles. The molecule has 0 radical (unpaired) electrons. The molecule has 0 saturated carbocycles. The van der Waals surface area contributed by atoms with Crippen molar-refractivity contribution in [3.63, 3.8) is 0 Å². The van der Waals surface area contributed by atoms with Gasteiger partial charge in [0.1, 0.15) is 12.4 Å². The van der Waals surface area contributed by atoms with Crippen LogP contribution in [0.4, 0.5) is 10.1 Å². The maximum atomic E-state index is 14.1. The molecule has 4 aromatic carbocycles. The van der Waals surface area contributed by atoms with Crippen molar-refractivity contribution in [1.82, 2.24) is 4.57 Å².